The van der Waals surface area contributed by atoms with Gasteiger partial charge in [0.15, 0.2) is 0 Å². The second-order valence-electron chi connectivity index (χ2n) is 7.95. The van der Waals surface area contributed by atoms with Crippen LogP contribution in [0.25, 0.3) is 0 Å². The van der Waals surface area contributed by atoms with Crippen molar-refractivity contribution in [3.63, 3.8) is 0 Å². The number of hydrogen-bond acceptors (Lipinski definition) is 2. The Hall–Kier alpha value is -1.98. The molecule has 2 aromatic carbocycles. The van der Waals surface area contributed by atoms with E-state index in [1.54, 1.807) is 12.1 Å². The van der Waals surface area contributed by atoms with Crippen molar-refractivity contribution in [3.05, 3.63) is 70.2 Å². The molecule has 0 aliphatic carbocycles. The van der Waals surface area contributed by atoms with Gasteiger partial charge in [0.1, 0.15) is 11.6 Å². The molecule has 0 aromatic heterocycles. The molecule has 0 radical (unpaired) electrons. The number of ether oxygens (including phenoxy) is 1. The highest BCUT2D eigenvalue weighted by atomic mass is 35.5. The Labute approximate surface area is 169 Å². The van der Waals surface area contributed by atoms with Gasteiger partial charge in [0, 0.05) is 34.9 Å². The van der Waals surface area contributed by atoms with Gasteiger partial charge in [0.2, 0.25) is 5.91 Å². The number of hydrogen-bond donors (Lipinski definition) is 1. The molecule has 2 aromatic rings. The zero-order valence-corrected chi connectivity index (χ0v) is 16.9. The van der Waals surface area contributed by atoms with Crippen molar-refractivity contribution < 1.29 is 18.3 Å². The molecule has 150 valence electrons. The molecule has 28 heavy (non-hydrogen) atoms. The fourth-order valence-corrected chi connectivity index (χ4v) is 3.79. The predicted molar refractivity (Wildman–Crippen MR) is 105 cm³/mol. The third-order valence-electron chi connectivity index (χ3n) is 5.08. The third-order valence-corrected chi connectivity index (χ3v) is 5.31. The highest BCUT2D eigenvalue weighted by Crippen LogP contribution is 2.44. The van der Waals surface area contributed by atoms with Crippen molar-refractivity contribution in [1.29, 1.82) is 0 Å². The molecule has 1 amide bonds. The molecule has 0 unspecified atom stereocenters. The first-order valence-electron chi connectivity index (χ1n) is 9.35. The van der Waals surface area contributed by atoms with E-state index in [0.29, 0.717) is 17.9 Å². The number of amides is 1. The van der Waals surface area contributed by atoms with Crippen LogP contribution in [0.4, 0.5) is 8.78 Å². The van der Waals surface area contributed by atoms with Crippen LogP contribution in [0.1, 0.15) is 56.9 Å². The fraction of sp³-hybridized carbons (Fsp3) is 0.409. The van der Waals surface area contributed by atoms with Gasteiger partial charge in [-0.05, 0) is 42.8 Å². The summed E-state index contributed by atoms with van der Waals surface area (Å²) in [5.41, 5.74) is 0.339. The maximum absolute atomic E-state index is 14.4. The van der Waals surface area contributed by atoms with Gasteiger partial charge in [0.05, 0.1) is 12.2 Å². The van der Waals surface area contributed by atoms with Gasteiger partial charge in [-0.15, -0.1) is 0 Å². The standard InChI is InChI=1S/C22H24ClF2NO2/c1-13(2)21(27)26-22(3)11-19(14-5-4-6-15(23)9-14)28-20(12-22)17-10-16(24)7-8-18(17)25/h4-10,13,19-20H,11-12H2,1-3H3,(H,26,27)/t19-,20+,22-/m0/s1. The number of carbonyl (C=O) groups excluding carboxylic acids is 1. The Morgan fingerprint density at radius 1 is 1.18 bits per heavy atom. The summed E-state index contributed by atoms with van der Waals surface area (Å²) < 4.78 is 34.4. The second kappa shape index (κ2) is 8.18. The van der Waals surface area contributed by atoms with Crippen LogP contribution in [0.15, 0.2) is 42.5 Å². The van der Waals surface area contributed by atoms with Crippen LogP contribution in [0.3, 0.4) is 0 Å². The molecular formula is C22H24ClF2NO2. The second-order valence-corrected chi connectivity index (χ2v) is 8.38. The lowest BCUT2D eigenvalue weighted by Gasteiger charge is -2.43. The Balaban J connectivity index is 1.98. The molecule has 1 aliphatic heterocycles. The normalized spacial score (nSPS) is 25.0. The molecule has 1 saturated heterocycles. The van der Waals surface area contributed by atoms with Gasteiger partial charge in [-0.25, -0.2) is 8.78 Å². The first-order chi connectivity index (χ1) is 13.2. The van der Waals surface area contributed by atoms with Crippen molar-refractivity contribution >= 4 is 17.5 Å². The van der Waals surface area contributed by atoms with E-state index in [4.69, 9.17) is 16.3 Å². The number of nitrogens with one attached hydrogen (secondary N) is 1. The van der Waals surface area contributed by atoms with Crippen LogP contribution >= 0.6 is 11.6 Å². The van der Waals surface area contributed by atoms with E-state index >= 15 is 0 Å². The zero-order valence-electron chi connectivity index (χ0n) is 16.1. The Morgan fingerprint density at radius 2 is 1.89 bits per heavy atom. The summed E-state index contributed by atoms with van der Waals surface area (Å²) in [6.45, 7) is 5.55. The van der Waals surface area contributed by atoms with Crippen LogP contribution in [0.2, 0.25) is 5.02 Å². The van der Waals surface area contributed by atoms with Crippen LogP contribution in [0, 0.1) is 17.6 Å². The van der Waals surface area contributed by atoms with E-state index in [1.165, 1.54) is 0 Å². The van der Waals surface area contributed by atoms with Crippen LogP contribution < -0.4 is 5.32 Å². The van der Waals surface area contributed by atoms with Crippen LogP contribution in [-0.2, 0) is 9.53 Å². The molecule has 3 atom stereocenters. The number of carbonyl (C=O) groups is 1. The molecule has 1 heterocycles. The summed E-state index contributed by atoms with van der Waals surface area (Å²) in [6, 6.07) is 10.6. The summed E-state index contributed by atoms with van der Waals surface area (Å²) in [5, 5.41) is 3.64. The molecule has 6 heteroatoms. The molecule has 3 rings (SSSR count). The van der Waals surface area contributed by atoms with E-state index < -0.39 is 29.4 Å². The van der Waals surface area contributed by atoms with Gasteiger partial charge in [0.25, 0.3) is 0 Å². The Kier molecular flexibility index (Phi) is 6.06. The number of halogens is 3. The fourth-order valence-electron chi connectivity index (χ4n) is 3.59. The van der Waals surface area contributed by atoms with Crippen molar-refractivity contribution in [2.75, 3.05) is 0 Å². The smallest absolute Gasteiger partial charge is 0.222 e. The minimum atomic E-state index is -0.703. The maximum atomic E-state index is 14.4. The lowest BCUT2D eigenvalue weighted by molar-refractivity contribution is -0.131. The summed E-state index contributed by atoms with van der Waals surface area (Å²) in [7, 11) is 0. The first kappa shape index (κ1) is 20.7. The van der Waals surface area contributed by atoms with Crippen molar-refractivity contribution in [2.24, 2.45) is 5.92 Å². The summed E-state index contributed by atoms with van der Waals surface area (Å²) in [5.74, 6) is -1.34. The zero-order chi connectivity index (χ0) is 20.5. The van der Waals surface area contributed by atoms with Crippen LogP contribution in [0.5, 0.6) is 0 Å². The number of benzene rings is 2. The van der Waals surface area contributed by atoms with Crippen molar-refractivity contribution in [2.45, 2.75) is 51.4 Å². The van der Waals surface area contributed by atoms with E-state index in [0.717, 1.165) is 23.8 Å². The lowest BCUT2D eigenvalue weighted by Crippen LogP contribution is -2.52. The Bertz CT molecular complexity index is 873. The topological polar surface area (TPSA) is 38.3 Å². The molecule has 0 spiro atoms. The molecular weight excluding hydrogens is 384 g/mol. The van der Waals surface area contributed by atoms with E-state index in [-0.39, 0.29) is 17.4 Å². The van der Waals surface area contributed by atoms with Crippen molar-refractivity contribution in [1.82, 2.24) is 5.32 Å². The SMILES string of the molecule is CC(C)C(=O)N[C@@]1(C)C[C@@H](c2cccc(Cl)c2)O[C@@H](c2cc(F)ccc2F)C1. The minimum absolute atomic E-state index is 0.0901. The molecule has 1 aliphatic rings. The molecule has 0 saturated carbocycles. The lowest BCUT2D eigenvalue weighted by atomic mass is 9.81. The maximum Gasteiger partial charge on any atom is 0.222 e. The molecule has 3 nitrogen and oxygen atoms in total. The predicted octanol–water partition coefficient (Wildman–Crippen LogP) is 5.74. The van der Waals surface area contributed by atoms with E-state index in [9.17, 15) is 13.6 Å². The van der Waals surface area contributed by atoms with E-state index in [1.807, 2.05) is 32.9 Å². The summed E-state index contributed by atoms with van der Waals surface area (Å²) in [4.78, 5) is 12.4. The highest BCUT2D eigenvalue weighted by molar-refractivity contribution is 6.30. The van der Waals surface area contributed by atoms with Gasteiger partial charge in [-0.2, -0.15) is 0 Å². The monoisotopic (exact) mass is 407 g/mol. The number of rotatable bonds is 4. The van der Waals surface area contributed by atoms with Crippen LogP contribution in [-0.4, -0.2) is 11.4 Å². The van der Waals surface area contributed by atoms with E-state index in [2.05, 4.69) is 5.32 Å². The first-order valence-corrected chi connectivity index (χ1v) is 9.72. The Morgan fingerprint density at radius 3 is 2.57 bits per heavy atom. The largest absolute Gasteiger partial charge is 0.365 e. The molecule has 1 fully saturated rings. The van der Waals surface area contributed by atoms with Gasteiger partial charge >= 0.3 is 0 Å². The highest BCUT2D eigenvalue weighted by Gasteiger charge is 2.41. The average molecular weight is 408 g/mol. The minimum Gasteiger partial charge on any atom is -0.365 e. The van der Waals surface area contributed by atoms with Gasteiger partial charge in [-0.1, -0.05) is 37.6 Å². The molecule has 1 N–H and O–H groups in total. The van der Waals surface area contributed by atoms with Gasteiger partial charge in [-0.3, -0.25) is 4.79 Å². The summed E-state index contributed by atoms with van der Waals surface area (Å²) >= 11 is 6.13. The summed E-state index contributed by atoms with van der Waals surface area (Å²) in [6.07, 6.45) is -0.286. The van der Waals surface area contributed by atoms with Gasteiger partial charge < -0.3 is 10.1 Å². The van der Waals surface area contributed by atoms with Crippen molar-refractivity contribution in [3.8, 4) is 0 Å². The molecule has 0 bridgehead atoms. The average Bonchev–Trinajstić information content (AvgIpc) is 2.62. The quantitative estimate of drug-likeness (QED) is 0.701. The third kappa shape index (κ3) is 4.70.